The Bertz CT molecular complexity index is 568. The summed E-state index contributed by atoms with van der Waals surface area (Å²) in [5.41, 5.74) is 3.47. The molecule has 0 amide bonds. The van der Waals surface area contributed by atoms with E-state index in [-0.39, 0.29) is 0 Å². The average Bonchev–Trinajstić information content (AvgIpc) is 2.43. The molecule has 0 bridgehead atoms. The van der Waals surface area contributed by atoms with E-state index in [1.165, 1.54) is 11.1 Å². The Morgan fingerprint density at radius 1 is 1.20 bits per heavy atom. The van der Waals surface area contributed by atoms with Gasteiger partial charge < -0.3 is 10.6 Å². The zero-order chi connectivity index (χ0) is 14.4. The molecule has 20 heavy (non-hydrogen) atoms. The second-order valence-electron chi connectivity index (χ2n) is 4.89. The first-order valence-corrected chi connectivity index (χ1v) is 6.97. The molecule has 2 rings (SSSR count). The fraction of sp³-hybridized carbons (Fsp3) is 0.400. The third-order valence-corrected chi connectivity index (χ3v) is 3.02. The third kappa shape index (κ3) is 3.91. The number of aryl methyl sites for hydroxylation is 2. The van der Waals surface area contributed by atoms with E-state index in [0.29, 0.717) is 11.8 Å². The van der Waals surface area contributed by atoms with Gasteiger partial charge >= 0.3 is 0 Å². The third-order valence-electron chi connectivity index (χ3n) is 3.02. The van der Waals surface area contributed by atoms with E-state index in [0.717, 1.165) is 25.1 Å². The van der Waals surface area contributed by atoms with E-state index in [4.69, 9.17) is 0 Å². The van der Waals surface area contributed by atoms with Crippen molar-refractivity contribution in [1.82, 2.24) is 15.2 Å². The van der Waals surface area contributed by atoms with Crippen molar-refractivity contribution in [1.29, 1.82) is 0 Å². The van der Waals surface area contributed by atoms with Crippen LogP contribution >= 0.6 is 0 Å². The molecule has 1 aromatic heterocycles. The Labute approximate surface area is 119 Å². The lowest BCUT2D eigenvalue weighted by molar-refractivity contribution is 0.819. The van der Waals surface area contributed by atoms with Crippen molar-refractivity contribution in [3.05, 3.63) is 35.5 Å². The molecule has 0 radical (unpaired) electrons. The van der Waals surface area contributed by atoms with Crippen LogP contribution in [-0.4, -0.2) is 21.7 Å². The molecule has 0 saturated heterocycles. The number of anilines is 3. The van der Waals surface area contributed by atoms with Gasteiger partial charge in [0.05, 0.1) is 6.20 Å². The largest absolute Gasteiger partial charge is 0.353 e. The zero-order valence-corrected chi connectivity index (χ0v) is 12.3. The minimum absolute atomic E-state index is 0.563. The van der Waals surface area contributed by atoms with Gasteiger partial charge in [-0.1, -0.05) is 31.0 Å². The first kappa shape index (κ1) is 14.2. The summed E-state index contributed by atoms with van der Waals surface area (Å²) < 4.78 is 0. The first-order chi connectivity index (χ1) is 9.69. The summed E-state index contributed by atoms with van der Waals surface area (Å²) in [6.07, 6.45) is 3.86. The Kier molecular flexibility index (Phi) is 4.87. The summed E-state index contributed by atoms with van der Waals surface area (Å²) in [7, 11) is 0. The molecule has 0 unspecified atom stereocenters. The van der Waals surface area contributed by atoms with Gasteiger partial charge in [0.2, 0.25) is 5.95 Å². The Balaban J connectivity index is 2.07. The van der Waals surface area contributed by atoms with Crippen LogP contribution in [0.25, 0.3) is 0 Å². The molecule has 0 fully saturated rings. The van der Waals surface area contributed by atoms with Crippen LogP contribution in [0.3, 0.4) is 0 Å². The number of unbranched alkanes of at least 4 members (excludes halogenated alkanes) is 1. The summed E-state index contributed by atoms with van der Waals surface area (Å²) in [5.74, 6) is 1.26. The average molecular weight is 271 g/mol. The van der Waals surface area contributed by atoms with Crippen molar-refractivity contribution in [3.8, 4) is 0 Å². The second-order valence-corrected chi connectivity index (χ2v) is 4.89. The van der Waals surface area contributed by atoms with Crippen molar-refractivity contribution in [2.75, 3.05) is 17.2 Å². The molecule has 2 N–H and O–H groups in total. The lowest BCUT2D eigenvalue weighted by Gasteiger charge is -2.10. The minimum atomic E-state index is 0.563. The highest BCUT2D eigenvalue weighted by Gasteiger charge is 2.03. The molecule has 106 valence electrons. The summed E-state index contributed by atoms with van der Waals surface area (Å²) in [6, 6.07) is 6.26. The molecule has 0 atom stereocenters. The smallest absolute Gasteiger partial charge is 0.244 e. The van der Waals surface area contributed by atoms with Crippen LogP contribution in [0.2, 0.25) is 0 Å². The maximum Gasteiger partial charge on any atom is 0.244 e. The topological polar surface area (TPSA) is 62.7 Å². The standard InChI is InChI=1S/C15H21N5/c1-4-5-8-16-15-19-14(10-17-20-15)18-13-7-6-11(2)9-12(13)3/h6-7,9-10H,4-5,8H2,1-3H3,(H2,16,18,19,20). The maximum absolute atomic E-state index is 4.41. The van der Waals surface area contributed by atoms with Crippen LogP contribution in [0.1, 0.15) is 30.9 Å². The second kappa shape index (κ2) is 6.84. The Morgan fingerprint density at radius 2 is 2.05 bits per heavy atom. The van der Waals surface area contributed by atoms with E-state index in [2.05, 4.69) is 64.8 Å². The van der Waals surface area contributed by atoms with Gasteiger partial charge in [-0.25, -0.2) is 0 Å². The van der Waals surface area contributed by atoms with Crippen LogP contribution < -0.4 is 10.6 Å². The van der Waals surface area contributed by atoms with Gasteiger partial charge in [0.15, 0.2) is 5.82 Å². The predicted octanol–water partition coefficient (Wildman–Crippen LogP) is 3.44. The van der Waals surface area contributed by atoms with E-state index >= 15 is 0 Å². The summed E-state index contributed by atoms with van der Waals surface area (Å²) in [5, 5.41) is 14.4. The quantitative estimate of drug-likeness (QED) is 0.788. The van der Waals surface area contributed by atoms with E-state index in [1.54, 1.807) is 6.20 Å². The number of benzene rings is 1. The lowest BCUT2D eigenvalue weighted by Crippen LogP contribution is -2.07. The molecular weight excluding hydrogens is 250 g/mol. The van der Waals surface area contributed by atoms with Gasteiger partial charge in [-0.2, -0.15) is 10.1 Å². The molecule has 1 aromatic carbocycles. The Morgan fingerprint density at radius 3 is 2.80 bits per heavy atom. The SMILES string of the molecule is CCCCNc1nncc(Nc2ccc(C)cc2C)n1. The number of hydrogen-bond acceptors (Lipinski definition) is 5. The highest BCUT2D eigenvalue weighted by atomic mass is 15.3. The normalized spacial score (nSPS) is 10.3. The molecule has 0 aliphatic rings. The summed E-state index contributed by atoms with van der Waals surface area (Å²) in [4.78, 5) is 4.41. The molecule has 0 aliphatic heterocycles. The van der Waals surface area contributed by atoms with Gasteiger partial charge in [-0.05, 0) is 31.9 Å². The van der Waals surface area contributed by atoms with E-state index in [1.807, 2.05) is 0 Å². The van der Waals surface area contributed by atoms with Crippen LogP contribution in [-0.2, 0) is 0 Å². The molecule has 0 spiro atoms. The number of aromatic nitrogens is 3. The fourth-order valence-corrected chi connectivity index (χ4v) is 1.91. The number of nitrogens with zero attached hydrogens (tertiary/aromatic N) is 3. The van der Waals surface area contributed by atoms with Crippen molar-refractivity contribution < 1.29 is 0 Å². The number of rotatable bonds is 6. The lowest BCUT2D eigenvalue weighted by atomic mass is 10.1. The molecular formula is C15H21N5. The first-order valence-electron chi connectivity index (χ1n) is 6.97. The molecule has 0 aliphatic carbocycles. The van der Waals surface area contributed by atoms with Crippen LogP contribution in [0, 0.1) is 13.8 Å². The van der Waals surface area contributed by atoms with Crippen molar-refractivity contribution in [2.24, 2.45) is 0 Å². The van der Waals surface area contributed by atoms with E-state index < -0.39 is 0 Å². The van der Waals surface area contributed by atoms with Gasteiger partial charge in [0.25, 0.3) is 0 Å². The zero-order valence-electron chi connectivity index (χ0n) is 12.3. The summed E-state index contributed by atoms with van der Waals surface area (Å²) in [6.45, 7) is 7.17. The Hall–Kier alpha value is -2.17. The molecule has 2 aromatic rings. The van der Waals surface area contributed by atoms with Gasteiger partial charge in [-0.3, -0.25) is 0 Å². The van der Waals surface area contributed by atoms with Gasteiger partial charge in [0.1, 0.15) is 0 Å². The maximum atomic E-state index is 4.41. The van der Waals surface area contributed by atoms with Crippen LogP contribution in [0.4, 0.5) is 17.5 Å². The minimum Gasteiger partial charge on any atom is -0.353 e. The molecule has 1 heterocycles. The van der Waals surface area contributed by atoms with Crippen LogP contribution in [0.15, 0.2) is 24.4 Å². The fourth-order valence-electron chi connectivity index (χ4n) is 1.91. The van der Waals surface area contributed by atoms with Gasteiger partial charge in [0, 0.05) is 12.2 Å². The monoisotopic (exact) mass is 271 g/mol. The van der Waals surface area contributed by atoms with Gasteiger partial charge in [-0.15, -0.1) is 5.10 Å². The highest BCUT2D eigenvalue weighted by molar-refractivity contribution is 5.60. The molecule has 0 saturated carbocycles. The summed E-state index contributed by atoms with van der Waals surface area (Å²) >= 11 is 0. The van der Waals surface area contributed by atoms with Crippen LogP contribution in [0.5, 0.6) is 0 Å². The number of hydrogen-bond donors (Lipinski definition) is 2. The van der Waals surface area contributed by atoms with Crippen molar-refractivity contribution in [3.63, 3.8) is 0 Å². The highest BCUT2D eigenvalue weighted by Crippen LogP contribution is 2.20. The molecule has 5 nitrogen and oxygen atoms in total. The van der Waals surface area contributed by atoms with Crippen molar-refractivity contribution >= 4 is 17.5 Å². The van der Waals surface area contributed by atoms with E-state index in [9.17, 15) is 0 Å². The molecule has 5 heteroatoms. The van der Waals surface area contributed by atoms with Crippen molar-refractivity contribution in [2.45, 2.75) is 33.6 Å². The predicted molar refractivity (Wildman–Crippen MR) is 82.4 cm³/mol. The number of nitrogens with one attached hydrogen (secondary N) is 2.